The molecule has 0 radical (unpaired) electrons. The first-order valence-electron chi connectivity index (χ1n) is 5.73. The van der Waals surface area contributed by atoms with Gasteiger partial charge in [0.25, 0.3) is 0 Å². The summed E-state index contributed by atoms with van der Waals surface area (Å²) in [7, 11) is 0. The first-order valence-corrected chi connectivity index (χ1v) is 5.73. The van der Waals surface area contributed by atoms with Crippen molar-refractivity contribution in [2.24, 2.45) is 11.5 Å². The molecular formula is C14H18N3+. The van der Waals surface area contributed by atoms with Crippen molar-refractivity contribution in [1.29, 1.82) is 0 Å². The Bertz CT molecular complexity index is 398. The van der Waals surface area contributed by atoms with E-state index in [4.69, 9.17) is 11.5 Å². The van der Waals surface area contributed by atoms with Crippen LogP contribution in [0.4, 0.5) is 0 Å². The summed E-state index contributed by atoms with van der Waals surface area (Å²) in [5.74, 6) is 0. The summed E-state index contributed by atoms with van der Waals surface area (Å²) < 4.78 is 0. The van der Waals surface area contributed by atoms with Gasteiger partial charge in [-0.1, -0.05) is 60.7 Å². The van der Waals surface area contributed by atoms with E-state index in [1.165, 1.54) is 0 Å². The van der Waals surface area contributed by atoms with Gasteiger partial charge >= 0.3 is 0 Å². The molecule has 2 atom stereocenters. The molecule has 0 aliphatic rings. The summed E-state index contributed by atoms with van der Waals surface area (Å²) >= 11 is 0. The van der Waals surface area contributed by atoms with E-state index in [0.29, 0.717) is 0 Å². The highest BCUT2D eigenvalue weighted by molar-refractivity contribution is 5.18. The monoisotopic (exact) mass is 228 g/mol. The predicted octanol–water partition coefficient (Wildman–Crippen LogP) is 0.865. The summed E-state index contributed by atoms with van der Waals surface area (Å²) in [5.41, 5.74) is 14.4. The van der Waals surface area contributed by atoms with Crippen LogP contribution in [0.15, 0.2) is 60.7 Å². The van der Waals surface area contributed by atoms with E-state index < -0.39 is 0 Å². The van der Waals surface area contributed by atoms with Crippen LogP contribution in [0.1, 0.15) is 23.5 Å². The lowest BCUT2D eigenvalue weighted by molar-refractivity contribution is -0.733. The minimum absolute atomic E-state index is 0.133. The van der Waals surface area contributed by atoms with Crippen LogP contribution in [-0.4, -0.2) is 0 Å². The molecule has 17 heavy (non-hydrogen) atoms. The zero-order valence-corrected chi connectivity index (χ0v) is 9.66. The standard InChI is InChI=1S/C14H17N3/c15-13(11-7-3-1-4-8-11)17-14(16)12-9-5-2-6-10-12/h1-10,13-14,17H,15-16H2/p+1. The third-order valence-corrected chi connectivity index (χ3v) is 2.78. The molecule has 88 valence electrons. The zero-order chi connectivity index (χ0) is 12.1. The molecule has 6 N–H and O–H groups in total. The Hall–Kier alpha value is -1.68. The third-order valence-electron chi connectivity index (χ3n) is 2.78. The minimum atomic E-state index is -0.133. The number of rotatable bonds is 4. The molecular weight excluding hydrogens is 210 g/mol. The summed E-state index contributed by atoms with van der Waals surface area (Å²) in [5, 5.41) is 1.96. The minimum Gasteiger partial charge on any atom is -0.309 e. The summed E-state index contributed by atoms with van der Waals surface area (Å²) in [6.45, 7) is 0. The summed E-state index contributed by atoms with van der Waals surface area (Å²) in [4.78, 5) is 0. The Kier molecular flexibility index (Phi) is 3.88. The lowest BCUT2D eigenvalue weighted by Crippen LogP contribution is -2.90. The van der Waals surface area contributed by atoms with Gasteiger partial charge in [-0.25, -0.2) is 0 Å². The van der Waals surface area contributed by atoms with E-state index in [9.17, 15) is 0 Å². The van der Waals surface area contributed by atoms with Crippen LogP contribution < -0.4 is 16.8 Å². The van der Waals surface area contributed by atoms with E-state index in [1.54, 1.807) is 0 Å². The highest BCUT2D eigenvalue weighted by Crippen LogP contribution is 2.06. The molecule has 0 heterocycles. The van der Waals surface area contributed by atoms with Crippen molar-refractivity contribution in [3.05, 3.63) is 71.8 Å². The summed E-state index contributed by atoms with van der Waals surface area (Å²) in [6.07, 6.45) is -0.266. The molecule has 2 aromatic carbocycles. The average Bonchev–Trinajstić information content (AvgIpc) is 2.40. The van der Waals surface area contributed by atoms with Crippen LogP contribution in [0, 0.1) is 0 Å². The molecule has 0 bridgehead atoms. The average molecular weight is 228 g/mol. The Morgan fingerprint density at radius 1 is 0.647 bits per heavy atom. The van der Waals surface area contributed by atoms with E-state index in [0.717, 1.165) is 11.1 Å². The molecule has 3 nitrogen and oxygen atoms in total. The first kappa shape index (κ1) is 11.8. The van der Waals surface area contributed by atoms with E-state index in [1.807, 2.05) is 66.0 Å². The molecule has 0 spiro atoms. The maximum absolute atomic E-state index is 6.10. The Balaban J connectivity index is 2.02. The maximum Gasteiger partial charge on any atom is 0.165 e. The molecule has 0 saturated heterocycles. The second kappa shape index (κ2) is 5.59. The van der Waals surface area contributed by atoms with Crippen molar-refractivity contribution in [2.75, 3.05) is 0 Å². The summed E-state index contributed by atoms with van der Waals surface area (Å²) in [6, 6.07) is 19.9. The van der Waals surface area contributed by atoms with Gasteiger partial charge in [-0.3, -0.25) is 11.5 Å². The molecule has 0 saturated carbocycles. The third kappa shape index (κ3) is 3.14. The number of nitrogens with two attached hydrogens (primary N) is 3. The largest absolute Gasteiger partial charge is 0.309 e. The van der Waals surface area contributed by atoms with Gasteiger partial charge in [0.05, 0.1) is 0 Å². The van der Waals surface area contributed by atoms with Gasteiger partial charge in [-0.15, -0.1) is 0 Å². The smallest absolute Gasteiger partial charge is 0.165 e. The van der Waals surface area contributed by atoms with Crippen molar-refractivity contribution in [2.45, 2.75) is 12.3 Å². The molecule has 0 aliphatic carbocycles. The van der Waals surface area contributed by atoms with E-state index in [-0.39, 0.29) is 12.3 Å². The molecule has 0 aromatic heterocycles. The molecule has 2 unspecified atom stereocenters. The second-order valence-electron chi connectivity index (χ2n) is 4.07. The van der Waals surface area contributed by atoms with Gasteiger partial charge < -0.3 is 5.32 Å². The quantitative estimate of drug-likeness (QED) is 0.679. The SMILES string of the molecule is NC([NH2+]C(N)c1ccccc1)c1ccccc1. The molecule has 0 aliphatic heterocycles. The van der Waals surface area contributed by atoms with Crippen LogP contribution in [-0.2, 0) is 0 Å². The highest BCUT2D eigenvalue weighted by atomic mass is 15.1. The van der Waals surface area contributed by atoms with Crippen LogP contribution >= 0.6 is 0 Å². The molecule has 2 aromatic rings. The van der Waals surface area contributed by atoms with Gasteiger partial charge in [0, 0.05) is 11.1 Å². The van der Waals surface area contributed by atoms with Crippen LogP contribution in [0.25, 0.3) is 0 Å². The van der Waals surface area contributed by atoms with Crippen molar-refractivity contribution in [3.8, 4) is 0 Å². The zero-order valence-electron chi connectivity index (χ0n) is 9.66. The van der Waals surface area contributed by atoms with Gasteiger partial charge in [0.2, 0.25) is 0 Å². The molecule has 2 rings (SSSR count). The number of hydrogen-bond donors (Lipinski definition) is 3. The normalized spacial score (nSPS) is 14.2. The Morgan fingerprint density at radius 2 is 1.00 bits per heavy atom. The Labute approximate surface area is 101 Å². The topological polar surface area (TPSA) is 68.6 Å². The Morgan fingerprint density at radius 3 is 1.35 bits per heavy atom. The van der Waals surface area contributed by atoms with Gasteiger partial charge in [-0.2, -0.15) is 0 Å². The predicted molar refractivity (Wildman–Crippen MR) is 68.7 cm³/mol. The number of quaternary nitrogens is 1. The van der Waals surface area contributed by atoms with Crippen molar-refractivity contribution < 1.29 is 5.32 Å². The fourth-order valence-corrected chi connectivity index (χ4v) is 1.80. The van der Waals surface area contributed by atoms with E-state index in [2.05, 4.69) is 0 Å². The van der Waals surface area contributed by atoms with Gasteiger partial charge in [0.1, 0.15) is 0 Å². The number of hydrogen-bond acceptors (Lipinski definition) is 2. The molecule has 3 heteroatoms. The van der Waals surface area contributed by atoms with Crippen molar-refractivity contribution in [1.82, 2.24) is 0 Å². The van der Waals surface area contributed by atoms with Crippen LogP contribution in [0.2, 0.25) is 0 Å². The molecule has 0 fully saturated rings. The van der Waals surface area contributed by atoms with Gasteiger partial charge in [0.15, 0.2) is 12.3 Å². The lowest BCUT2D eigenvalue weighted by Gasteiger charge is -2.16. The maximum atomic E-state index is 6.10. The van der Waals surface area contributed by atoms with Gasteiger partial charge in [-0.05, 0) is 0 Å². The second-order valence-corrected chi connectivity index (χ2v) is 4.07. The fraction of sp³-hybridized carbons (Fsp3) is 0.143. The van der Waals surface area contributed by atoms with Crippen molar-refractivity contribution in [3.63, 3.8) is 0 Å². The fourth-order valence-electron chi connectivity index (χ4n) is 1.80. The van der Waals surface area contributed by atoms with Crippen LogP contribution in [0.3, 0.4) is 0 Å². The number of benzene rings is 2. The van der Waals surface area contributed by atoms with E-state index >= 15 is 0 Å². The molecule has 0 amide bonds. The lowest BCUT2D eigenvalue weighted by atomic mass is 10.1. The van der Waals surface area contributed by atoms with Crippen molar-refractivity contribution >= 4 is 0 Å². The first-order chi connectivity index (χ1) is 8.27. The van der Waals surface area contributed by atoms with Crippen LogP contribution in [0.5, 0.6) is 0 Å². The highest BCUT2D eigenvalue weighted by Gasteiger charge is 2.14.